The van der Waals surface area contributed by atoms with Crippen LogP contribution in [0.4, 0.5) is 4.39 Å². The van der Waals surface area contributed by atoms with Gasteiger partial charge in [-0.25, -0.2) is 4.39 Å². The molecular formula is C19H22FNO2S. The number of amides is 1. The first kappa shape index (κ1) is 17.1. The van der Waals surface area contributed by atoms with Gasteiger partial charge in [0.25, 0.3) is 0 Å². The fourth-order valence-corrected chi connectivity index (χ4v) is 4.06. The lowest BCUT2D eigenvalue weighted by Crippen LogP contribution is -2.48. The van der Waals surface area contributed by atoms with Gasteiger partial charge in [0.05, 0.1) is 11.5 Å². The Morgan fingerprint density at radius 3 is 2.71 bits per heavy atom. The Bertz CT molecular complexity index is 693. The van der Waals surface area contributed by atoms with E-state index in [0.29, 0.717) is 32.4 Å². The summed E-state index contributed by atoms with van der Waals surface area (Å²) >= 11 is 1.59. The van der Waals surface area contributed by atoms with Crippen LogP contribution in [0.15, 0.2) is 41.8 Å². The van der Waals surface area contributed by atoms with Gasteiger partial charge in [-0.1, -0.05) is 18.2 Å². The van der Waals surface area contributed by atoms with E-state index in [9.17, 15) is 14.3 Å². The van der Waals surface area contributed by atoms with Crippen LogP contribution in [-0.4, -0.2) is 34.6 Å². The summed E-state index contributed by atoms with van der Waals surface area (Å²) in [5, 5.41) is 12.8. The molecule has 3 rings (SSSR count). The minimum Gasteiger partial charge on any atom is -0.389 e. The van der Waals surface area contributed by atoms with E-state index in [2.05, 4.69) is 0 Å². The van der Waals surface area contributed by atoms with Crippen LogP contribution >= 0.6 is 11.3 Å². The number of carbonyl (C=O) groups excluding carboxylic acids is 1. The van der Waals surface area contributed by atoms with E-state index in [1.54, 1.807) is 17.4 Å². The fourth-order valence-electron chi connectivity index (χ4n) is 3.28. The number of nitrogens with zero attached hydrogens (tertiary/aromatic N) is 1. The van der Waals surface area contributed by atoms with Gasteiger partial charge in [0.2, 0.25) is 5.91 Å². The zero-order chi connectivity index (χ0) is 17.2. The standard InChI is InChI=1S/C19H22FNO2S/c1-14(17-6-3-11-24-17)18(22)21-9-7-19(23,8-10-21)13-15-4-2-5-16(20)12-15/h2-6,11-12,14,23H,7-10,13H2,1H3/t14-/m1/s1. The van der Waals surface area contributed by atoms with Crippen molar-refractivity contribution in [1.29, 1.82) is 0 Å². The SMILES string of the molecule is C[C@@H](C(=O)N1CCC(O)(Cc2cccc(F)c2)CC1)c1cccs1. The Morgan fingerprint density at radius 2 is 2.08 bits per heavy atom. The average molecular weight is 347 g/mol. The third-order valence-electron chi connectivity index (χ3n) is 4.77. The summed E-state index contributed by atoms with van der Waals surface area (Å²) in [6.07, 6.45) is 1.46. The van der Waals surface area contributed by atoms with Crippen molar-refractivity contribution in [2.45, 2.75) is 37.7 Å². The van der Waals surface area contributed by atoms with Crippen molar-refractivity contribution < 1.29 is 14.3 Å². The predicted molar refractivity (Wildman–Crippen MR) is 93.6 cm³/mol. The van der Waals surface area contributed by atoms with Crippen molar-refractivity contribution in [2.24, 2.45) is 0 Å². The van der Waals surface area contributed by atoms with Gasteiger partial charge < -0.3 is 10.0 Å². The Balaban J connectivity index is 1.59. The molecule has 5 heteroatoms. The maximum atomic E-state index is 13.3. The van der Waals surface area contributed by atoms with Gasteiger partial charge >= 0.3 is 0 Å². The first-order valence-electron chi connectivity index (χ1n) is 8.26. The van der Waals surface area contributed by atoms with Gasteiger partial charge in [-0.2, -0.15) is 0 Å². The van der Waals surface area contributed by atoms with E-state index < -0.39 is 5.60 Å². The molecule has 1 saturated heterocycles. The van der Waals surface area contributed by atoms with Gasteiger partial charge in [0.15, 0.2) is 0 Å². The monoisotopic (exact) mass is 347 g/mol. The van der Waals surface area contributed by atoms with Crippen molar-refractivity contribution in [3.63, 3.8) is 0 Å². The predicted octanol–water partition coefficient (Wildman–Crippen LogP) is 3.59. The molecule has 1 amide bonds. The van der Waals surface area contributed by atoms with Crippen LogP contribution in [0, 0.1) is 5.82 Å². The Hall–Kier alpha value is -1.72. The molecule has 0 spiro atoms. The molecule has 1 fully saturated rings. The number of carbonyl (C=O) groups is 1. The summed E-state index contributed by atoms with van der Waals surface area (Å²) in [4.78, 5) is 15.5. The largest absolute Gasteiger partial charge is 0.389 e. The Labute approximate surface area is 145 Å². The summed E-state index contributed by atoms with van der Waals surface area (Å²) in [6, 6.07) is 10.3. The number of likely N-dealkylation sites (tertiary alicyclic amines) is 1. The minimum atomic E-state index is -0.864. The highest BCUT2D eigenvalue weighted by Crippen LogP contribution is 2.29. The van der Waals surface area contributed by atoms with Crippen LogP contribution in [0.5, 0.6) is 0 Å². The molecule has 1 N–H and O–H groups in total. The average Bonchev–Trinajstić information content (AvgIpc) is 3.08. The molecule has 2 heterocycles. The molecule has 0 radical (unpaired) electrons. The number of benzene rings is 1. The van der Waals surface area contributed by atoms with E-state index in [1.807, 2.05) is 35.4 Å². The van der Waals surface area contributed by atoms with Crippen LogP contribution in [0.1, 0.15) is 36.1 Å². The molecule has 0 bridgehead atoms. The van der Waals surface area contributed by atoms with Gasteiger partial charge in [0.1, 0.15) is 5.82 Å². The zero-order valence-corrected chi connectivity index (χ0v) is 14.6. The minimum absolute atomic E-state index is 0.116. The second-order valence-corrected chi connectivity index (χ2v) is 7.57. The zero-order valence-electron chi connectivity index (χ0n) is 13.7. The molecule has 1 aliphatic heterocycles. The lowest BCUT2D eigenvalue weighted by atomic mass is 9.85. The highest BCUT2D eigenvalue weighted by molar-refractivity contribution is 7.10. The molecule has 1 atom stereocenters. The second-order valence-electron chi connectivity index (χ2n) is 6.59. The number of aliphatic hydroxyl groups is 1. The molecule has 0 aliphatic carbocycles. The van der Waals surface area contributed by atoms with Crippen LogP contribution in [0.2, 0.25) is 0 Å². The summed E-state index contributed by atoms with van der Waals surface area (Å²) < 4.78 is 13.3. The van der Waals surface area contributed by atoms with Crippen molar-refractivity contribution in [1.82, 2.24) is 4.90 Å². The Morgan fingerprint density at radius 1 is 1.33 bits per heavy atom. The topological polar surface area (TPSA) is 40.5 Å². The highest BCUT2D eigenvalue weighted by atomic mass is 32.1. The van der Waals surface area contributed by atoms with Gasteiger partial charge in [-0.15, -0.1) is 11.3 Å². The summed E-state index contributed by atoms with van der Waals surface area (Å²) in [5.74, 6) is -0.307. The van der Waals surface area contributed by atoms with Crippen LogP contribution < -0.4 is 0 Å². The van der Waals surface area contributed by atoms with Crippen LogP contribution in [0.25, 0.3) is 0 Å². The van der Waals surface area contributed by atoms with Crippen molar-refractivity contribution in [2.75, 3.05) is 13.1 Å². The second kappa shape index (κ2) is 7.03. The van der Waals surface area contributed by atoms with Crippen molar-refractivity contribution in [3.8, 4) is 0 Å². The number of piperidine rings is 1. The molecule has 1 aromatic carbocycles. The molecule has 1 aliphatic rings. The molecule has 2 aromatic rings. The quantitative estimate of drug-likeness (QED) is 0.918. The summed E-state index contributed by atoms with van der Waals surface area (Å²) in [5.41, 5.74) is -0.0688. The van der Waals surface area contributed by atoms with Crippen molar-refractivity contribution >= 4 is 17.2 Å². The molecule has 24 heavy (non-hydrogen) atoms. The molecule has 0 unspecified atom stereocenters. The number of hydrogen-bond acceptors (Lipinski definition) is 3. The number of halogens is 1. The maximum Gasteiger partial charge on any atom is 0.230 e. The van der Waals surface area contributed by atoms with E-state index in [4.69, 9.17) is 0 Å². The number of rotatable bonds is 4. The Kier molecular flexibility index (Phi) is 5.01. The number of thiophene rings is 1. The lowest BCUT2D eigenvalue weighted by molar-refractivity contribution is -0.136. The van der Waals surface area contributed by atoms with Gasteiger partial charge in [-0.05, 0) is 48.9 Å². The van der Waals surface area contributed by atoms with E-state index >= 15 is 0 Å². The first-order chi connectivity index (χ1) is 11.5. The molecule has 128 valence electrons. The maximum absolute atomic E-state index is 13.3. The number of hydrogen-bond donors (Lipinski definition) is 1. The third-order valence-corrected chi connectivity index (χ3v) is 5.82. The fraction of sp³-hybridized carbons (Fsp3) is 0.421. The lowest BCUT2D eigenvalue weighted by Gasteiger charge is -2.39. The smallest absolute Gasteiger partial charge is 0.230 e. The van der Waals surface area contributed by atoms with E-state index in [1.165, 1.54) is 12.1 Å². The van der Waals surface area contributed by atoms with E-state index in [-0.39, 0.29) is 17.6 Å². The molecule has 0 saturated carbocycles. The van der Waals surface area contributed by atoms with E-state index in [0.717, 1.165) is 10.4 Å². The summed E-state index contributed by atoms with van der Waals surface area (Å²) in [7, 11) is 0. The van der Waals surface area contributed by atoms with Crippen LogP contribution in [0.3, 0.4) is 0 Å². The molecule has 1 aromatic heterocycles. The first-order valence-corrected chi connectivity index (χ1v) is 9.14. The molecular weight excluding hydrogens is 325 g/mol. The van der Waals surface area contributed by atoms with Gasteiger partial charge in [0, 0.05) is 24.4 Å². The summed E-state index contributed by atoms with van der Waals surface area (Å²) in [6.45, 7) is 3.02. The molecule has 3 nitrogen and oxygen atoms in total. The normalized spacial score (nSPS) is 18.4. The van der Waals surface area contributed by atoms with Gasteiger partial charge in [-0.3, -0.25) is 4.79 Å². The highest BCUT2D eigenvalue weighted by Gasteiger charge is 2.35. The third kappa shape index (κ3) is 3.84. The van der Waals surface area contributed by atoms with Crippen LogP contribution in [-0.2, 0) is 11.2 Å². The van der Waals surface area contributed by atoms with Crippen molar-refractivity contribution in [3.05, 3.63) is 58.0 Å².